The minimum Gasteiger partial charge on any atom is -0.486 e. The average molecular weight is 433 g/mol. The van der Waals surface area contributed by atoms with Crippen molar-refractivity contribution in [3.8, 4) is 17.5 Å². The molecule has 148 valence electrons. The summed E-state index contributed by atoms with van der Waals surface area (Å²) in [7, 11) is 0. The van der Waals surface area contributed by atoms with Crippen molar-refractivity contribution in [3.63, 3.8) is 0 Å². The molecule has 4 aromatic rings. The van der Waals surface area contributed by atoms with Gasteiger partial charge in [-0.05, 0) is 54.1 Å². The van der Waals surface area contributed by atoms with E-state index in [1.165, 1.54) is 0 Å². The third kappa shape index (κ3) is 4.82. The SMILES string of the molecule is N#Cc1ccc(CSc2nnc(COc3ccc(Cl)cc3)n2-c2ccccc2)cc1. The molecule has 0 fully saturated rings. The van der Waals surface area contributed by atoms with E-state index < -0.39 is 0 Å². The van der Waals surface area contributed by atoms with Crippen LogP contribution in [0, 0.1) is 11.3 Å². The first-order chi connectivity index (χ1) is 14.7. The highest BCUT2D eigenvalue weighted by molar-refractivity contribution is 7.98. The van der Waals surface area contributed by atoms with E-state index in [0.717, 1.165) is 16.4 Å². The van der Waals surface area contributed by atoms with E-state index in [1.54, 1.807) is 23.9 Å². The summed E-state index contributed by atoms with van der Waals surface area (Å²) in [6.45, 7) is 0.279. The zero-order chi connectivity index (χ0) is 20.8. The van der Waals surface area contributed by atoms with E-state index in [4.69, 9.17) is 21.6 Å². The maximum atomic E-state index is 8.95. The predicted octanol–water partition coefficient (Wildman–Crippen LogP) is 5.66. The molecule has 0 N–H and O–H groups in total. The third-order valence-electron chi connectivity index (χ3n) is 4.35. The molecule has 0 spiro atoms. The summed E-state index contributed by atoms with van der Waals surface area (Å²) in [6, 6.07) is 26.9. The Labute approximate surface area is 183 Å². The van der Waals surface area contributed by atoms with Crippen molar-refractivity contribution in [3.05, 3.63) is 101 Å². The number of ether oxygens (including phenoxy) is 1. The predicted molar refractivity (Wildman–Crippen MR) is 118 cm³/mol. The van der Waals surface area contributed by atoms with Gasteiger partial charge in [0.05, 0.1) is 11.6 Å². The molecular formula is C23H17ClN4OS. The molecular weight excluding hydrogens is 416 g/mol. The van der Waals surface area contributed by atoms with Crippen molar-refractivity contribution in [2.24, 2.45) is 0 Å². The summed E-state index contributed by atoms with van der Waals surface area (Å²) in [4.78, 5) is 0. The second kappa shape index (κ2) is 9.49. The molecule has 5 nitrogen and oxygen atoms in total. The number of rotatable bonds is 7. The molecule has 0 amide bonds. The maximum absolute atomic E-state index is 8.95. The van der Waals surface area contributed by atoms with Crippen molar-refractivity contribution in [1.29, 1.82) is 5.26 Å². The number of aromatic nitrogens is 3. The van der Waals surface area contributed by atoms with Gasteiger partial charge in [-0.1, -0.05) is 53.7 Å². The number of benzene rings is 3. The van der Waals surface area contributed by atoms with Crippen molar-refractivity contribution in [2.75, 3.05) is 0 Å². The van der Waals surface area contributed by atoms with Crippen LogP contribution in [0.2, 0.25) is 5.02 Å². The van der Waals surface area contributed by atoms with Crippen LogP contribution in [-0.2, 0) is 12.4 Å². The van der Waals surface area contributed by atoms with Crippen molar-refractivity contribution in [2.45, 2.75) is 17.5 Å². The molecule has 0 bridgehead atoms. The summed E-state index contributed by atoms with van der Waals surface area (Å²) in [5.41, 5.74) is 2.73. The number of hydrogen-bond acceptors (Lipinski definition) is 5. The molecule has 0 radical (unpaired) electrons. The molecule has 1 aromatic heterocycles. The molecule has 3 aromatic carbocycles. The number of hydrogen-bond donors (Lipinski definition) is 0. The Morgan fingerprint density at radius 2 is 1.67 bits per heavy atom. The van der Waals surface area contributed by atoms with Crippen LogP contribution >= 0.6 is 23.4 Å². The van der Waals surface area contributed by atoms with Gasteiger partial charge in [-0.2, -0.15) is 5.26 Å². The monoisotopic (exact) mass is 432 g/mol. The van der Waals surface area contributed by atoms with Crippen LogP contribution in [0.5, 0.6) is 5.75 Å². The normalized spacial score (nSPS) is 10.5. The molecule has 0 aliphatic rings. The summed E-state index contributed by atoms with van der Waals surface area (Å²) >= 11 is 7.53. The van der Waals surface area contributed by atoms with Gasteiger partial charge in [0.2, 0.25) is 0 Å². The van der Waals surface area contributed by atoms with Crippen LogP contribution in [0.1, 0.15) is 17.0 Å². The Morgan fingerprint density at radius 1 is 0.933 bits per heavy atom. The first kappa shape index (κ1) is 20.0. The Morgan fingerprint density at radius 3 is 2.37 bits per heavy atom. The number of nitriles is 1. The Bertz CT molecular complexity index is 1150. The number of halogens is 1. The topological polar surface area (TPSA) is 63.7 Å². The Balaban J connectivity index is 1.55. The lowest BCUT2D eigenvalue weighted by molar-refractivity contribution is 0.293. The number of nitrogens with zero attached hydrogens (tertiary/aromatic N) is 4. The molecule has 30 heavy (non-hydrogen) atoms. The fourth-order valence-electron chi connectivity index (χ4n) is 2.83. The van der Waals surface area contributed by atoms with Crippen LogP contribution in [0.15, 0.2) is 84.0 Å². The highest BCUT2D eigenvalue weighted by Crippen LogP contribution is 2.26. The van der Waals surface area contributed by atoms with Gasteiger partial charge >= 0.3 is 0 Å². The van der Waals surface area contributed by atoms with E-state index in [2.05, 4.69) is 16.3 Å². The quantitative estimate of drug-likeness (QED) is 0.352. The lowest BCUT2D eigenvalue weighted by Crippen LogP contribution is -2.06. The smallest absolute Gasteiger partial charge is 0.196 e. The average Bonchev–Trinajstić information content (AvgIpc) is 3.21. The lowest BCUT2D eigenvalue weighted by Gasteiger charge is -2.11. The molecule has 0 aliphatic carbocycles. The summed E-state index contributed by atoms with van der Waals surface area (Å²) in [5.74, 6) is 2.14. The van der Waals surface area contributed by atoms with Crippen molar-refractivity contribution >= 4 is 23.4 Å². The van der Waals surface area contributed by atoms with E-state index in [9.17, 15) is 0 Å². The largest absolute Gasteiger partial charge is 0.486 e. The molecule has 0 saturated carbocycles. The first-order valence-corrected chi connectivity index (χ1v) is 10.6. The van der Waals surface area contributed by atoms with Gasteiger partial charge < -0.3 is 4.74 Å². The van der Waals surface area contributed by atoms with E-state index in [-0.39, 0.29) is 6.61 Å². The second-order valence-corrected chi connectivity index (χ2v) is 7.79. The molecule has 0 unspecified atom stereocenters. The molecule has 0 aliphatic heterocycles. The zero-order valence-corrected chi connectivity index (χ0v) is 17.5. The third-order valence-corrected chi connectivity index (χ3v) is 5.60. The van der Waals surface area contributed by atoms with Gasteiger partial charge in [-0.15, -0.1) is 10.2 Å². The molecule has 0 saturated heterocycles. The second-order valence-electron chi connectivity index (χ2n) is 6.41. The number of para-hydroxylation sites is 1. The molecule has 7 heteroatoms. The zero-order valence-electron chi connectivity index (χ0n) is 15.9. The van der Waals surface area contributed by atoms with Gasteiger partial charge in [0.25, 0.3) is 0 Å². The highest BCUT2D eigenvalue weighted by Gasteiger charge is 2.15. The molecule has 4 rings (SSSR count). The minimum absolute atomic E-state index is 0.279. The fourth-order valence-corrected chi connectivity index (χ4v) is 3.88. The van der Waals surface area contributed by atoms with E-state index in [0.29, 0.717) is 27.9 Å². The summed E-state index contributed by atoms with van der Waals surface area (Å²) < 4.78 is 7.89. The van der Waals surface area contributed by atoms with Crippen LogP contribution < -0.4 is 4.74 Å². The Kier molecular flexibility index (Phi) is 6.33. The van der Waals surface area contributed by atoms with Crippen molar-refractivity contribution < 1.29 is 4.74 Å². The fraction of sp³-hybridized carbons (Fsp3) is 0.0870. The van der Waals surface area contributed by atoms with Crippen LogP contribution in [0.25, 0.3) is 5.69 Å². The molecule has 1 heterocycles. The minimum atomic E-state index is 0.279. The van der Waals surface area contributed by atoms with Crippen molar-refractivity contribution in [1.82, 2.24) is 14.8 Å². The summed E-state index contributed by atoms with van der Waals surface area (Å²) in [6.07, 6.45) is 0. The van der Waals surface area contributed by atoms with E-state index in [1.807, 2.05) is 71.3 Å². The Hall–Kier alpha value is -3.27. The maximum Gasteiger partial charge on any atom is 0.196 e. The van der Waals surface area contributed by atoms with Crippen LogP contribution in [0.3, 0.4) is 0 Å². The lowest BCUT2D eigenvalue weighted by atomic mass is 10.2. The van der Waals surface area contributed by atoms with Gasteiger partial charge in [0.1, 0.15) is 12.4 Å². The van der Waals surface area contributed by atoms with Gasteiger partial charge in [0, 0.05) is 16.5 Å². The van der Waals surface area contributed by atoms with Gasteiger partial charge in [0.15, 0.2) is 11.0 Å². The standard InChI is InChI=1S/C23H17ClN4OS/c24-19-10-12-21(13-11-19)29-15-22-26-27-23(28(22)20-4-2-1-3-5-20)30-16-18-8-6-17(14-25)7-9-18/h1-13H,15-16H2. The van der Waals surface area contributed by atoms with Gasteiger partial charge in [-0.25, -0.2) is 0 Å². The highest BCUT2D eigenvalue weighted by atomic mass is 35.5. The van der Waals surface area contributed by atoms with Crippen LogP contribution in [-0.4, -0.2) is 14.8 Å². The molecule has 0 atom stereocenters. The van der Waals surface area contributed by atoms with E-state index >= 15 is 0 Å². The first-order valence-electron chi connectivity index (χ1n) is 9.23. The van der Waals surface area contributed by atoms with Crippen LogP contribution in [0.4, 0.5) is 0 Å². The summed E-state index contributed by atoms with van der Waals surface area (Å²) in [5, 5.41) is 19.1. The van der Waals surface area contributed by atoms with Gasteiger partial charge in [-0.3, -0.25) is 4.57 Å². The number of thioether (sulfide) groups is 1.